The average molecular weight is 414 g/mol. The van der Waals surface area contributed by atoms with E-state index in [2.05, 4.69) is 4.52 Å². The molecule has 17 heavy (non-hydrogen) atoms. The van der Waals surface area contributed by atoms with E-state index in [0.29, 0.717) is 0 Å². The molecular formula is C2H5Cl5F3N3OP3+. The van der Waals surface area contributed by atoms with Gasteiger partial charge in [-0.25, -0.2) is 0 Å². The predicted octanol–water partition coefficient (Wildman–Crippen LogP) is 7.33. The summed E-state index contributed by atoms with van der Waals surface area (Å²) in [5.74, 6) is -6.34. The van der Waals surface area contributed by atoms with Gasteiger partial charge in [0.05, 0.1) is 0 Å². The zero-order valence-corrected chi connectivity index (χ0v) is 14.3. The van der Waals surface area contributed by atoms with E-state index in [1.165, 1.54) is 6.92 Å². The molecular weight excluding hydrogens is 409 g/mol. The van der Waals surface area contributed by atoms with Crippen LogP contribution in [-0.2, 0) is 4.52 Å². The van der Waals surface area contributed by atoms with Crippen LogP contribution < -0.4 is 0 Å². The molecule has 1 atom stereocenters. The molecule has 4 nitrogen and oxygen atoms in total. The molecule has 1 unspecified atom stereocenters. The Morgan fingerprint density at radius 3 is 2.12 bits per heavy atom. The molecule has 1 heterocycles. The molecule has 0 N–H and O–H groups in total. The van der Waals surface area contributed by atoms with Crippen molar-refractivity contribution < 1.29 is 17.7 Å². The van der Waals surface area contributed by atoms with Crippen LogP contribution in [0.25, 0.3) is 0 Å². The van der Waals surface area contributed by atoms with Crippen LogP contribution in [0.1, 0.15) is 6.92 Å². The summed E-state index contributed by atoms with van der Waals surface area (Å²) in [5, 5.41) is 0. The van der Waals surface area contributed by atoms with Gasteiger partial charge in [-0.05, 0) is 0 Å². The van der Waals surface area contributed by atoms with E-state index in [0.717, 1.165) is 0 Å². The minimum absolute atomic E-state index is 0.0840. The summed E-state index contributed by atoms with van der Waals surface area (Å²) in [6, 6.07) is 0. The predicted molar refractivity (Wildman–Crippen MR) is 71.1 cm³/mol. The van der Waals surface area contributed by atoms with Gasteiger partial charge in [-0.2, -0.15) is 0 Å². The van der Waals surface area contributed by atoms with Gasteiger partial charge in [0.15, 0.2) is 0 Å². The van der Waals surface area contributed by atoms with Gasteiger partial charge in [0, 0.05) is 0 Å². The SMILES string of the molecule is CCO[P+]1=NP(Cl)(Cl)(Cl)N(F)P(F)(Cl)(Cl)N1F. The van der Waals surface area contributed by atoms with Crippen molar-refractivity contribution in [1.82, 2.24) is 9.33 Å². The van der Waals surface area contributed by atoms with Gasteiger partial charge in [0.25, 0.3) is 0 Å². The molecule has 0 spiro atoms. The molecule has 104 valence electrons. The van der Waals surface area contributed by atoms with E-state index < -0.39 is 28.3 Å². The van der Waals surface area contributed by atoms with Crippen molar-refractivity contribution >= 4 is 75.2 Å². The fraction of sp³-hybridized carbons (Fsp3) is 1.00. The van der Waals surface area contributed by atoms with Crippen LogP contribution in [0.15, 0.2) is 4.52 Å². The van der Waals surface area contributed by atoms with E-state index in [4.69, 9.17) is 60.7 Å². The van der Waals surface area contributed by atoms with Crippen LogP contribution in [-0.4, -0.2) is 15.9 Å². The second-order valence-electron chi connectivity index (χ2n) is 2.71. The Labute approximate surface area is 120 Å². The monoisotopic (exact) mass is 412 g/mol. The molecule has 1 rings (SSSR count). The zero-order chi connectivity index (χ0) is 13.7. The van der Waals surface area contributed by atoms with Gasteiger partial charge in [-0.15, -0.1) is 0 Å². The Hall–Kier alpha value is 2.08. The summed E-state index contributed by atoms with van der Waals surface area (Å²) in [7, 11) is -2.74. The van der Waals surface area contributed by atoms with E-state index in [1.807, 2.05) is 0 Å². The Morgan fingerprint density at radius 1 is 1.24 bits per heavy atom. The van der Waals surface area contributed by atoms with Crippen LogP contribution in [0.5, 0.6) is 0 Å². The van der Waals surface area contributed by atoms with E-state index in [-0.39, 0.29) is 6.61 Å². The van der Waals surface area contributed by atoms with E-state index in [1.54, 1.807) is 0 Å². The van der Waals surface area contributed by atoms with Crippen molar-refractivity contribution in [2.24, 2.45) is 4.52 Å². The fourth-order valence-electron chi connectivity index (χ4n) is 0.781. The molecule has 0 aromatic heterocycles. The molecule has 0 bridgehead atoms. The summed E-state index contributed by atoms with van der Waals surface area (Å²) >= 11 is 26.6. The van der Waals surface area contributed by atoms with Crippen LogP contribution in [0, 0.1) is 0 Å². The van der Waals surface area contributed by atoms with Crippen molar-refractivity contribution in [3.8, 4) is 0 Å². The third kappa shape index (κ3) is 3.06. The third-order valence-corrected chi connectivity index (χ3v) is 15.8. The van der Waals surface area contributed by atoms with E-state index >= 15 is 0 Å². The van der Waals surface area contributed by atoms with Gasteiger partial charge < -0.3 is 0 Å². The summed E-state index contributed by atoms with van der Waals surface area (Å²) in [4.78, 5) is -5.27. The molecule has 0 saturated carbocycles. The molecule has 15 heteroatoms. The Balaban J connectivity index is 3.45. The first kappa shape index (κ1) is 17.1. The number of halogens is 8. The summed E-state index contributed by atoms with van der Waals surface area (Å²) in [6.45, 7) is 1.37. The van der Waals surface area contributed by atoms with Gasteiger partial charge in [0.2, 0.25) is 0 Å². The molecule has 0 aromatic rings. The average Bonchev–Trinajstić information content (AvgIpc) is 2.11. The second-order valence-corrected chi connectivity index (χ2v) is 20.6. The van der Waals surface area contributed by atoms with E-state index in [9.17, 15) is 13.2 Å². The van der Waals surface area contributed by atoms with Gasteiger partial charge >= 0.3 is 120 Å². The van der Waals surface area contributed by atoms with Crippen LogP contribution >= 0.6 is 75.2 Å². The van der Waals surface area contributed by atoms with Crippen molar-refractivity contribution in [2.45, 2.75) is 6.92 Å². The molecule has 0 radical (unpaired) electrons. The number of hydrogen-bond donors (Lipinski definition) is 0. The third-order valence-electron chi connectivity index (χ3n) is 1.39. The molecule has 0 amide bonds. The van der Waals surface area contributed by atoms with Gasteiger partial charge in [0.1, 0.15) is 0 Å². The molecule has 1 aliphatic heterocycles. The Kier molecular flexibility index (Phi) is 4.58. The van der Waals surface area contributed by atoms with Crippen molar-refractivity contribution in [2.75, 3.05) is 6.61 Å². The molecule has 0 aliphatic carbocycles. The maximum atomic E-state index is 14.1. The fourth-order valence-corrected chi connectivity index (χ4v) is 17.3. The number of hydrogen-bond acceptors (Lipinski definition) is 4. The number of rotatable bonds is 2. The van der Waals surface area contributed by atoms with Crippen molar-refractivity contribution in [3.05, 3.63) is 0 Å². The first-order valence-corrected chi connectivity index (χ1v) is 13.6. The summed E-state index contributed by atoms with van der Waals surface area (Å²) in [5.41, 5.74) is 0. The Morgan fingerprint density at radius 2 is 1.71 bits per heavy atom. The quantitative estimate of drug-likeness (QED) is 0.350. The normalized spacial score (nSPS) is 38.1. The van der Waals surface area contributed by atoms with Crippen LogP contribution in [0.4, 0.5) is 13.2 Å². The minimum atomic E-state index is -6.34. The van der Waals surface area contributed by atoms with Crippen LogP contribution in [0.2, 0.25) is 0 Å². The molecule has 0 aromatic carbocycles. The topological polar surface area (TPSA) is 28.1 Å². The first-order chi connectivity index (χ1) is 7.29. The molecule has 1 aliphatic rings. The van der Waals surface area contributed by atoms with Crippen molar-refractivity contribution in [1.29, 1.82) is 0 Å². The second kappa shape index (κ2) is 4.54. The van der Waals surface area contributed by atoms with Gasteiger partial charge in [-0.1, -0.05) is 0 Å². The van der Waals surface area contributed by atoms with Crippen molar-refractivity contribution in [3.63, 3.8) is 0 Å². The molecule has 0 saturated heterocycles. The molecule has 0 fully saturated rings. The zero-order valence-electron chi connectivity index (χ0n) is 7.82. The van der Waals surface area contributed by atoms with Crippen LogP contribution in [0.3, 0.4) is 0 Å². The Bertz CT molecular complexity index is 379. The first-order valence-electron chi connectivity index (χ1n) is 3.73. The van der Waals surface area contributed by atoms with Gasteiger partial charge in [-0.3, -0.25) is 0 Å². The summed E-state index contributed by atoms with van der Waals surface area (Å²) in [6.07, 6.45) is 0. The standard InChI is InChI=1S/C2H5Cl5F3N3OP3/c1-2-14-15-11-16(3,4,5)13(9)17(6,7,10)12(15)8/h2H2,1H3/q+1. The summed E-state index contributed by atoms with van der Waals surface area (Å²) < 4.78 is 47.3. The maximum absolute atomic E-state index is 14.1. The number of nitrogens with zero attached hydrogens (tertiary/aromatic N) is 3.